The predicted octanol–water partition coefficient (Wildman–Crippen LogP) is 1.16. The van der Waals surface area contributed by atoms with Crippen LogP contribution in [0.25, 0.3) is 0 Å². The molecular weight excluding hydrogens is 216 g/mol. The van der Waals surface area contributed by atoms with E-state index < -0.39 is 0 Å². The lowest BCUT2D eigenvalue weighted by atomic mass is 9.87. The Morgan fingerprint density at radius 1 is 1.47 bits per heavy atom. The molecule has 0 aliphatic carbocycles. The Balaban J connectivity index is 2.30. The molecule has 1 aliphatic heterocycles. The Labute approximate surface area is 104 Å². The highest BCUT2D eigenvalue weighted by Crippen LogP contribution is 2.25. The normalized spacial score (nSPS) is 24.9. The van der Waals surface area contributed by atoms with Crippen molar-refractivity contribution in [1.29, 1.82) is 0 Å². The average Bonchev–Trinajstić information content (AvgIpc) is 2.34. The first kappa shape index (κ1) is 14.5. The first-order valence-electron chi connectivity index (χ1n) is 6.68. The summed E-state index contributed by atoms with van der Waals surface area (Å²) in [6.45, 7) is 6.73. The van der Waals surface area contributed by atoms with Crippen LogP contribution in [0, 0.1) is 11.8 Å². The zero-order valence-corrected chi connectivity index (χ0v) is 11.3. The van der Waals surface area contributed by atoms with Crippen molar-refractivity contribution in [3.05, 3.63) is 0 Å². The van der Waals surface area contributed by atoms with Gasteiger partial charge in [-0.15, -0.1) is 0 Å². The average molecular weight is 242 g/mol. The van der Waals surface area contributed by atoms with Gasteiger partial charge < -0.3 is 15.4 Å². The molecule has 4 heteroatoms. The Hall–Kier alpha value is -0.610. The molecule has 2 atom stereocenters. The largest absolute Gasteiger partial charge is 0.378 e. The second-order valence-electron chi connectivity index (χ2n) is 5.14. The number of hydrogen-bond acceptors (Lipinski definition) is 3. The van der Waals surface area contributed by atoms with Gasteiger partial charge in [-0.25, -0.2) is 0 Å². The van der Waals surface area contributed by atoms with Gasteiger partial charge in [-0.2, -0.15) is 0 Å². The van der Waals surface area contributed by atoms with Gasteiger partial charge in [-0.05, 0) is 25.8 Å². The van der Waals surface area contributed by atoms with Crippen LogP contribution >= 0.6 is 0 Å². The van der Waals surface area contributed by atoms with Crippen LogP contribution in [-0.2, 0) is 9.53 Å². The maximum absolute atomic E-state index is 11.5. The monoisotopic (exact) mass is 242 g/mol. The number of nitrogens with one attached hydrogen (secondary N) is 2. The lowest BCUT2D eigenvalue weighted by molar-refractivity contribution is -0.122. The molecule has 2 N–H and O–H groups in total. The third-order valence-corrected chi connectivity index (χ3v) is 3.31. The van der Waals surface area contributed by atoms with Crippen molar-refractivity contribution in [3.8, 4) is 0 Å². The molecule has 0 spiro atoms. The number of ether oxygens (including phenoxy) is 1. The molecule has 0 bridgehead atoms. The quantitative estimate of drug-likeness (QED) is 0.735. The third kappa shape index (κ3) is 5.04. The Morgan fingerprint density at radius 2 is 2.24 bits per heavy atom. The number of carbonyl (C=O) groups excluding carboxylic acids is 1. The molecule has 1 heterocycles. The molecule has 0 aromatic heterocycles. The molecule has 1 fully saturated rings. The Kier molecular flexibility index (Phi) is 6.52. The zero-order chi connectivity index (χ0) is 12.7. The van der Waals surface area contributed by atoms with Crippen molar-refractivity contribution < 1.29 is 9.53 Å². The van der Waals surface area contributed by atoms with E-state index in [1.807, 2.05) is 7.05 Å². The molecule has 0 saturated carbocycles. The van der Waals surface area contributed by atoms with Gasteiger partial charge in [-0.1, -0.05) is 13.8 Å². The molecule has 0 aromatic carbocycles. The van der Waals surface area contributed by atoms with E-state index in [1.165, 1.54) is 0 Å². The van der Waals surface area contributed by atoms with Crippen LogP contribution in [0.1, 0.15) is 33.1 Å². The van der Waals surface area contributed by atoms with Crippen LogP contribution < -0.4 is 10.6 Å². The minimum absolute atomic E-state index is 0.132. The number of amides is 1. The van der Waals surface area contributed by atoms with Crippen molar-refractivity contribution in [2.75, 3.05) is 26.7 Å². The summed E-state index contributed by atoms with van der Waals surface area (Å²) in [5.41, 5.74) is 0. The lowest BCUT2D eigenvalue weighted by Crippen LogP contribution is -2.41. The number of carbonyl (C=O) groups is 1. The fourth-order valence-electron chi connectivity index (χ4n) is 2.39. The molecule has 4 nitrogen and oxygen atoms in total. The van der Waals surface area contributed by atoms with Crippen molar-refractivity contribution in [3.63, 3.8) is 0 Å². The topological polar surface area (TPSA) is 50.4 Å². The summed E-state index contributed by atoms with van der Waals surface area (Å²) >= 11 is 0. The summed E-state index contributed by atoms with van der Waals surface area (Å²) in [5.74, 6) is 1.13. The molecule has 1 aliphatic rings. The van der Waals surface area contributed by atoms with Crippen LogP contribution in [0.5, 0.6) is 0 Å². The maximum atomic E-state index is 11.5. The van der Waals surface area contributed by atoms with E-state index >= 15 is 0 Å². The second-order valence-corrected chi connectivity index (χ2v) is 5.14. The van der Waals surface area contributed by atoms with Crippen LogP contribution in [0.2, 0.25) is 0 Å². The fraction of sp³-hybridized carbons (Fsp3) is 0.923. The van der Waals surface area contributed by atoms with Crippen molar-refractivity contribution in [2.45, 2.75) is 39.2 Å². The number of hydrogen-bond donors (Lipinski definition) is 2. The van der Waals surface area contributed by atoms with Crippen molar-refractivity contribution in [1.82, 2.24) is 10.6 Å². The molecule has 100 valence electrons. The predicted molar refractivity (Wildman–Crippen MR) is 68.9 cm³/mol. The van der Waals surface area contributed by atoms with E-state index in [9.17, 15) is 4.79 Å². The van der Waals surface area contributed by atoms with E-state index in [2.05, 4.69) is 24.5 Å². The Bertz CT molecular complexity index is 231. The minimum atomic E-state index is 0.132. The summed E-state index contributed by atoms with van der Waals surface area (Å²) < 4.78 is 5.80. The SMILES string of the molecule is CNCCC(=O)NCC1CCCOC1C(C)C. The van der Waals surface area contributed by atoms with Crippen molar-refractivity contribution >= 4 is 5.91 Å². The molecule has 1 amide bonds. The second kappa shape index (κ2) is 7.67. The van der Waals surface area contributed by atoms with Gasteiger partial charge in [0.2, 0.25) is 5.91 Å². The van der Waals surface area contributed by atoms with Gasteiger partial charge in [0.25, 0.3) is 0 Å². The van der Waals surface area contributed by atoms with Gasteiger partial charge in [0.1, 0.15) is 0 Å². The van der Waals surface area contributed by atoms with Gasteiger partial charge in [0.15, 0.2) is 0 Å². The van der Waals surface area contributed by atoms with Crippen LogP contribution in [0.3, 0.4) is 0 Å². The molecule has 17 heavy (non-hydrogen) atoms. The molecule has 1 rings (SSSR count). The summed E-state index contributed by atoms with van der Waals surface area (Å²) in [4.78, 5) is 11.5. The fourth-order valence-corrected chi connectivity index (χ4v) is 2.39. The highest BCUT2D eigenvalue weighted by Gasteiger charge is 2.28. The van der Waals surface area contributed by atoms with Crippen LogP contribution in [-0.4, -0.2) is 38.8 Å². The summed E-state index contributed by atoms with van der Waals surface area (Å²) in [7, 11) is 1.86. The summed E-state index contributed by atoms with van der Waals surface area (Å²) in [5, 5.41) is 5.99. The van der Waals surface area contributed by atoms with Gasteiger partial charge >= 0.3 is 0 Å². The van der Waals surface area contributed by atoms with Gasteiger partial charge in [-0.3, -0.25) is 4.79 Å². The number of rotatable bonds is 6. The molecule has 2 unspecified atom stereocenters. The minimum Gasteiger partial charge on any atom is -0.378 e. The highest BCUT2D eigenvalue weighted by molar-refractivity contribution is 5.76. The van der Waals surface area contributed by atoms with E-state index in [0.29, 0.717) is 24.4 Å². The highest BCUT2D eigenvalue weighted by atomic mass is 16.5. The van der Waals surface area contributed by atoms with Crippen molar-refractivity contribution in [2.24, 2.45) is 11.8 Å². The summed E-state index contributed by atoms with van der Waals surface area (Å²) in [6.07, 6.45) is 3.12. The molecule has 0 aromatic rings. The lowest BCUT2D eigenvalue weighted by Gasteiger charge is -2.34. The smallest absolute Gasteiger partial charge is 0.221 e. The molecule has 1 saturated heterocycles. The third-order valence-electron chi connectivity index (χ3n) is 3.31. The van der Waals surface area contributed by atoms with Gasteiger partial charge in [0.05, 0.1) is 6.10 Å². The maximum Gasteiger partial charge on any atom is 0.221 e. The zero-order valence-electron chi connectivity index (χ0n) is 11.3. The van der Waals surface area contributed by atoms with E-state index in [1.54, 1.807) is 0 Å². The van der Waals surface area contributed by atoms with Crippen LogP contribution in [0.15, 0.2) is 0 Å². The first-order chi connectivity index (χ1) is 8.15. The standard InChI is InChI=1S/C13H26N2O2/c1-10(2)13-11(5-4-8-17-13)9-15-12(16)6-7-14-3/h10-11,13-14H,4-9H2,1-3H3,(H,15,16). The van der Waals surface area contributed by atoms with E-state index in [0.717, 1.165) is 32.5 Å². The molecular formula is C13H26N2O2. The first-order valence-corrected chi connectivity index (χ1v) is 6.68. The van der Waals surface area contributed by atoms with Gasteiger partial charge in [0, 0.05) is 32.0 Å². The van der Waals surface area contributed by atoms with E-state index in [-0.39, 0.29) is 5.91 Å². The van der Waals surface area contributed by atoms with E-state index in [4.69, 9.17) is 4.74 Å². The Morgan fingerprint density at radius 3 is 2.88 bits per heavy atom. The molecule has 0 radical (unpaired) electrons. The summed E-state index contributed by atoms with van der Waals surface area (Å²) in [6, 6.07) is 0. The van der Waals surface area contributed by atoms with Crippen LogP contribution in [0.4, 0.5) is 0 Å².